The van der Waals surface area contributed by atoms with Crippen LogP contribution in [0.5, 0.6) is 0 Å². The predicted molar refractivity (Wildman–Crippen MR) is 44.1 cm³/mol. The summed E-state index contributed by atoms with van der Waals surface area (Å²) >= 11 is 0. The molecule has 0 aromatic carbocycles. The lowest BCUT2D eigenvalue weighted by Gasteiger charge is -2.27. The second kappa shape index (κ2) is 3.88. The van der Waals surface area contributed by atoms with Gasteiger partial charge >= 0.3 is 0 Å². The van der Waals surface area contributed by atoms with Crippen molar-refractivity contribution in [3.63, 3.8) is 0 Å². The topological polar surface area (TPSA) is 40.5 Å². The zero-order valence-electron chi connectivity index (χ0n) is 6.95. The minimum absolute atomic E-state index is 0.203. The Balaban J connectivity index is 2.55. The third kappa shape index (κ3) is 2.04. The first-order chi connectivity index (χ1) is 5.27. The largest absolute Gasteiger partial charge is 0.396 e. The first-order valence-corrected chi connectivity index (χ1v) is 4.15. The van der Waals surface area contributed by atoms with Crippen LogP contribution >= 0.6 is 0 Å². The first kappa shape index (κ1) is 8.75. The molecule has 0 unspecified atom stereocenters. The molecule has 0 bridgehead atoms. The molecule has 2 nitrogen and oxygen atoms in total. The first-order valence-electron chi connectivity index (χ1n) is 4.15. The van der Waals surface area contributed by atoms with Crippen LogP contribution < -0.4 is 0 Å². The van der Waals surface area contributed by atoms with E-state index >= 15 is 0 Å². The lowest BCUT2D eigenvalue weighted by atomic mass is 9.81. The molecule has 2 heteroatoms. The van der Waals surface area contributed by atoms with Crippen molar-refractivity contribution in [2.24, 2.45) is 11.8 Å². The van der Waals surface area contributed by atoms with Gasteiger partial charge in [0.05, 0.1) is 0 Å². The second-order valence-corrected chi connectivity index (χ2v) is 3.38. The van der Waals surface area contributed by atoms with Gasteiger partial charge in [0.2, 0.25) is 0 Å². The Hall–Kier alpha value is -0.340. The summed E-state index contributed by atoms with van der Waals surface area (Å²) in [7, 11) is 0. The maximum Gasteiger partial charge on any atom is 0.0465 e. The fraction of sp³-hybridized carbons (Fsp3) is 0.778. The van der Waals surface area contributed by atoms with Gasteiger partial charge in [0, 0.05) is 13.2 Å². The summed E-state index contributed by atoms with van der Waals surface area (Å²) in [4.78, 5) is 0. The molecule has 11 heavy (non-hydrogen) atoms. The van der Waals surface area contributed by atoms with E-state index in [1.807, 2.05) is 0 Å². The summed E-state index contributed by atoms with van der Waals surface area (Å²) < 4.78 is 0. The van der Waals surface area contributed by atoms with E-state index in [1.54, 1.807) is 0 Å². The fourth-order valence-corrected chi connectivity index (χ4v) is 1.65. The lowest BCUT2D eigenvalue weighted by Crippen LogP contribution is -2.24. The van der Waals surface area contributed by atoms with Gasteiger partial charge in [0.1, 0.15) is 0 Å². The molecule has 0 saturated carbocycles. The van der Waals surface area contributed by atoms with E-state index in [4.69, 9.17) is 10.2 Å². The van der Waals surface area contributed by atoms with Crippen LogP contribution in [-0.4, -0.2) is 23.4 Å². The highest BCUT2D eigenvalue weighted by Gasteiger charge is 2.22. The maximum absolute atomic E-state index is 8.97. The zero-order chi connectivity index (χ0) is 8.27. The standard InChI is InChI=1S/C9H16O2/c1-7-2-3-8(5-10)9(4-7)6-11/h2,8-11H,3-6H2,1H3/t8-,9+/m0/s1. The SMILES string of the molecule is CC1=CC[C@@H](CO)[C@@H](CO)C1. The highest BCUT2D eigenvalue weighted by atomic mass is 16.3. The molecule has 0 saturated heterocycles. The van der Waals surface area contributed by atoms with Gasteiger partial charge in [0.15, 0.2) is 0 Å². The van der Waals surface area contributed by atoms with E-state index in [0.29, 0.717) is 0 Å². The minimum Gasteiger partial charge on any atom is -0.396 e. The van der Waals surface area contributed by atoms with Crippen molar-refractivity contribution in [1.29, 1.82) is 0 Å². The Kier molecular flexibility index (Phi) is 3.09. The molecule has 64 valence electrons. The molecular weight excluding hydrogens is 140 g/mol. The number of aliphatic hydroxyl groups excluding tert-OH is 2. The van der Waals surface area contributed by atoms with Crippen molar-refractivity contribution in [1.82, 2.24) is 0 Å². The highest BCUT2D eigenvalue weighted by Crippen LogP contribution is 2.28. The number of hydrogen-bond donors (Lipinski definition) is 2. The lowest BCUT2D eigenvalue weighted by molar-refractivity contribution is 0.115. The van der Waals surface area contributed by atoms with Crippen LogP contribution in [-0.2, 0) is 0 Å². The Morgan fingerprint density at radius 3 is 2.55 bits per heavy atom. The average molecular weight is 156 g/mol. The summed E-state index contributed by atoms with van der Waals surface area (Å²) in [5.41, 5.74) is 1.34. The molecule has 0 aromatic heterocycles. The van der Waals surface area contributed by atoms with Gasteiger partial charge in [-0.1, -0.05) is 11.6 Å². The van der Waals surface area contributed by atoms with Crippen LogP contribution in [0.1, 0.15) is 19.8 Å². The Bertz CT molecular complexity index is 152. The third-order valence-electron chi connectivity index (χ3n) is 2.49. The molecular formula is C9H16O2. The number of rotatable bonds is 2. The van der Waals surface area contributed by atoms with Gasteiger partial charge in [-0.05, 0) is 31.6 Å². The summed E-state index contributed by atoms with van der Waals surface area (Å²) in [5.74, 6) is 0.564. The van der Waals surface area contributed by atoms with Gasteiger partial charge in [-0.15, -0.1) is 0 Å². The van der Waals surface area contributed by atoms with Gasteiger partial charge in [-0.3, -0.25) is 0 Å². The predicted octanol–water partition coefficient (Wildman–Crippen LogP) is 0.944. The zero-order valence-corrected chi connectivity index (χ0v) is 6.95. The molecule has 0 radical (unpaired) electrons. The van der Waals surface area contributed by atoms with Crippen molar-refractivity contribution in [3.05, 3.63) is 11.6 Å². The molecule has 2 atom stereocenters. The normalized spacial score (nSPS) is 31.7. The molecule has 2 N–H and O–H groups in total. The summed E-state index contributed by atoms with van der Waals surface area (Å²) in [6, 6.07) is 0. The molecule has 0 spiro atoms. The molecule has 0 heterocycles. The molecule has 0 fully saturated rings. The molecule has 0 aromatic rings. The van der Waals surface area contributed by atoms with Gasteiger partial charge in [-0.25, -0.2) is 0 Å². The molecule has 0 aliphatic heterocycles. The summed E-state index contributed by atoms with van der Waals surface area (Å²) in [6.07, 6.45) is 4.03. The fourth-order valence-electron chi connectivity index (χ4n) is 1.65. The quantitative estimate of drug-likeness (QED) is 0.584. The number of aliphatic hydroxyl groups is 2. The molecule has 1 aliphatic carbocycles. The maximum atomic E-state index is 8.97. The van der Waals surface area contributed by atoms with Crippen molar-refractivity contribution < 1.29 is 10.2 Å². The Morgan fingerprint density at radius 1 is 1.36 bits per heavy atom. The molecule has 0 amide bonds. The monoisotopic (exact) mass is 156 g/mol. The Morgan fingerprint density at radius 2 is 2.00 bits per heavy atom. The Labute approximate surface area is 67.6 Å². The van der Waals surface area contributed by atoms with Crippen LogP contribution in [0.2, 0.25) is 0 Å². The van der Waals surface area contributed by atoms with E-state index in [2.05, 4.69) is 13.0 Å². The van der Waals surface area contributed by atoms with Gasteiger partial charge in [-0.2, -0.15) is 0 Å². The van der Waals surface area contributed by atoms with Gasteiger partial charge in [0.25, 0.3) is 0 Å². The average Bonchev–Trinajstić information content (AvgIpc) is 2.04. The van der Waals surface area contributed by atoms with Crippen LogP contribution in [0.25, 0.3) is 0 Å². The number of allylic oxidation sites excluding steroid dienone is 2. The summed E-state index contributed by atoms with van der Waals surface area (Å²) in [5, 5.41) is 17.9. The summed E-state index contributed by atoms with van der Waals surface area (Å²) in [6.45, 7) is 2.49. The van der Waals surface area contributed by atoms with E-state index < -0.39 is 0 Å². The van der Waals surface area contributed by atoms with E-state index in [-0.39, 0.29) is 25.0 Å². The third-order valence-corrected chi connectivity index (χ3v) is 2.49. The highest BCUT2D eigenvalue weighted by molar-refractivity contribution is 5.05. The van der Waals surface area contributed by atoms with Crippen molar-refractivity contribution in [2.75, 3.05) is 13.2 Å². The van der Waals surface area contributed by atoms with Crippen LogP contribution in [0.15, 0.2) is 11.6 Å². The van der Waals surface area contributed by atoms with Crippen LogP contribution in [0, 0.1) is 11.8 Å². The van der Waals surface area contributed by atoms with Crippen molar-refractivity contribution in [2.45, 2.75) is 19.8 Å². The van der Waals surface area contributed by atoms with Crippen LogP contribution in [0.3, 0.4) is 0 Å². The molecule has 1 rings (SSSR count). The molecule has 1 aliphatic rings. The smallest absolute Gasteiger partial charge is 0.0465 e. The minimum atomic E-state index is 0.203. The van der Waals surface area contributed by atoms with Crippen molar-refractivity contribution >= 4 is 0 Å². The van der Waals surface area contributed by atoms with E-state index in [1.165, 1.54) is 5.57 Å². The van der Waals surface area contributed by atoms with Gasteiger partial charge < -0.3 is 10.2 Å². The van der Waals surface area contributed by atoms with E-state index in [9.17, 15) is 0 Å². The number of hydrogen-bond acceptors (Lipinski definition) is 2. The van der Waals surface area contributed by atoms with E-state index in [0.717, 1.165) is 12.8 Å². The van der Waals surface area contributed by atoms with Crippen molar-refractivity contribution in [3.8, 4) is 0 Å². The van der Waals surface area contributed by atoms with Crippen LogP contribution in [0.4, 0.5) is 0 Å². The second-order valence-electron chi connectivity index (χ2n) is 3.38.